The fourth-order valence-electron chi connectivity index (χ4n) is 3.65. The number of rotatable bonds is 4. The molecule has 2 aromatic heterocycles. The molecule has 5 rings (SSSR count). The number of H-pyrrole nitrogens is 1. The van der Waals surface area contributed by atoms with E-state index in [2.05, 4.69) is 25.6 Å². The molecule has 0 saturated heterocycles. The van der Waals surface area contributed by atoms with E-state index in [1.807, 2.05) is 36.4 Å². The van der Waals surface area contributed by atoms with Gasteiger partial charge in [0.05, 0.1) is 23.7 Å². The second-order valence-corrected chi connectivity index (χ2v) is 7.11. The number of aromatic amines is 1. The number of imidazole rings is 1. The molecule has 0 spiro atoms. The Kier molecular flexibility index (Phi) is 4.72. The first kappa shape index (κ1) is 19.6. The summed E-state index contributed by atoms with van der Waals surface area (Å²) in [5.74, 6) is 5.27. The van der Waals surface area contributed by atoms with Crippen LogP contribution in [0.4, 0.5) is 4.39 Å². The molecule has 0 aliphatic heterocycles. The van der Waals surface area contributed by atoms with Gasteiger partial charge in [0.1, 0.15) is 22.9 Å². The number of nitrogens with two attached hydrogens (primary N) is 1. The topological polar surface area (TPSA) is 119 Å². The van der Waals surface area contributed by atoms with Gasteiger partial charge in [-0.2, -0.15) is 0 Å². The number of methoxy groups -OCH3 is 1. The monoisotopic (exact) mass is 428 g/mol. The third-order valence-electron chi connectivity index (χ3n) is 5.19. The molecule has 0 aliphatic carbocycles. The number of nitrogens with one attached hydrogen (secondary N) is 2. The zero-order valence-electron chi connectivity index (χ0n) is 16.9. The number of halogens is 1. The lowest BCUT2D eigenvalue weighted by Crippen LogP contribution is -2.30. The Hall–Kier alpha value is -4.37. The van der Waals surface area contributed by atoms with E-state index >= 15 is 0 Å². The lowest BCUT2D eigenvalue weighted by molar-refractivity contribution is 0.0948. The molecule has 32 heavy (non-hydrogen) atoms. The van der Waals surface area contributed by atoms with Crippen LogP contribution in [0.25, 0.3) is 44.5 Å². The van der Waals surface area contributed by atoms with Crippen molar-refractivity contribution < 1.29 is 13.9 Å². The maximum Gasteiger partial charge on any atom is 0.285 e. The Balaban J connectivity index is 1.60. The third kappa shape index (κ3) is 3.30. The number of carbonyl (C=O) groups is 1. The summed E-state index contributed by atoms with van der Waals surface area (Å²) >= 11 is 0. The van der Waals surface area contributed by atoms with Gasteiger partial charge in [0.15, 0.2) is 5.69 Å². The summed E-state index contributed by atoms with van der Waals surface area (Å²) in [5.41, 5.74) is 6.81. The molecule has 1 amide bonds. The van der Waals surface area contributed by atoms with Crippen LogP contribution >= 0.6 is 0 Å². The molecule has 0 unspecified atom stereocenters. The molecule has 0 fully saturated rings. The van der Waals surface area contributed by atoms with Crippen LogP contribution in [0.15, 0.2) is 60.7 Å². The van der Waals surface area contributed by atoms with E-state index in [-0.39, 0.29) is 11.5 Å². The van der Waals surface area contributed by atoms with Crippen LogP contribution in [0, 0.1) is 5.82 Å². The quantitative estimate of drug-likeness (QED) is 0.229. The fraction of sp³-hybridized carbons (Fsp3) is 0.0435. The number of ether oxygens (including phenoxy) is 1. The Morgan fingerprint density at radius 1 is 1.06 bits per heavy atom. The normalized spacial score (nSPS) is 11.1. The van der Waals surface area contributed by atoms with Crippen molar-refractivity contribution in [1.29, 1.82) is 0 Å². The summed E-state index contributed by atoms with van der Waals surface area (Å²) in [6.45, 7) is 0. The molecule has 0 bridgehead atoms. The molecule has 0 radical (unpaired) electrons. The molecule has 0 saturated carbocycles. The minimum absolute atomic E-state index is 0.138. The highest BCUT2D eigenvalue weighted by Gasteiger charge is 2.14. The van der Waals surface area contributed by atoms with Crippen LogP contribution in [0.1, 0.15) is 10.5 Å². The van der Waals surface area contributed by atoms with Gasteiger partial charge in [-0.1, -0.05) is 24.3 Å². The predicted octanol–water partition coefficient (Wildman–Crippen LogP) is 3.59. The standard InChI is InChI=1S/C23H17FN6O2/c1-32-20-11-14(24)6-7-16(20)22-26-17-8-5-12(9-18(17)27-22)15-4-2-3-13-10-19(23(31)28-25)29-30-21(13)15/h2-11H,25H2,1H3,(H,26,27)(H,28,31). The summed E-state index contributed by atoms with van der Waals surface area (Å²) in [7, 11) is 1.49. The third-order valence-corrected chi connectivity index (χ3v) is 5.19. The van der Waals surface area contributed by atoms with Crippen molar-refractivity contribution in [3.05, 3.63) is 72.2 Å². The lowest BCUT2D eigenvalue weighted by Gasteiger charge is -2.07. The molecule has 9 heteroatoms. The number of amides is 1. The van der Waals surface area contributed by atoms with Gasteiger partial charge < -0.3 is 9.72 Å². The molecule has 8 nitrogen and oxygen atoms in total. The number of benzene rings is 3. The van der Waals surface area contributed by atoms with E-state index in [4.69, 9.17) is 10.6 Å². The Morgan fingerprint density at radius 2 is 1.94 bits per heavy atom. The van der Waals surface area contributed by atoms with Crippen LogP contribution in [0.2, 0.25) is 0 Å². The minimum Gasteiger partial charge on any atom is -0.496 e. The highest BCUT2D eigenvalue weighted by Crippen LogP contribution is 2.33. The predicted molar refractivity (Wildman–Crippen MR) is 118 cm³/mol. The van der Waals surface area contributed by atoms with E-state index in [1.165, 1.54) is 19.2 Å². The molecule has 0 atom stereocenters. The first-order chi connectivity index (χ1) is 15.6. The molecule has 4 N–H and O–H groups in total. The van der Waals surface area contributed by atoms with Crippen molar-refractivity contribution >= 4 is 27.8 Å². The van der Waals surface area contributed by atoms with Crippen LogP contribution in [-0.2, 0) is 0 Å². The number of hydrogen-bond donors (Lipinski definition) is 3. The largest absolute Gasteiger partial charge is 0.496 e. The van der Waals surface area contributed by atoms with Crippen molar-refractivity contribution in [3.8, 4) is 28.3 Å². The van der Waals surface area contributed by atoms with Gasteiger partial charge in [-0.15, -0.1) is 10.2 Å². The molecule has 3 aromatic carbocycles. The summed E-state index contributed by atoms with van der Waals surface area (Å²) in [4.78, 5) is 19.7. The molecule has 5 aromatic rings. The summed E-state index contributed by atoms with van der Waals surface area (Å²) in [5, 5.41) is 9.00. The van der Waals surface area contributed by atoms with Crippen LogP contribution in [0.3, 0.4) is 0 Å². The number of hydrazine groups is 1. The first-order valence-corrected chi connectivity index (χ1v) is 9.69. The Bertz CT molecular complexity index is 1500. The second-order valence-electron chi connectivity index (χ2n) is 7.11. The van der Waals surface area contributed by atoms with Gasteiger partial charge >= 0.3 is 0 Å². The number of carbonyl (C=O) groups excluding carboxylic acids is 1. The fourth-order valence-corrected chi connectivity index (χ4v) is 3.65. The van der Waals surface area contributed by atoms with Crippen molar-refractivity contribution in [2.45, 2.75) is 0 Å². The summed E-state index contributed by atoms with van der Waals surface area (Å²) in [6, 6.07) is 17.4. The van der Waals surface area contributed by atoms with Crippen molar-refractivity contribution in [3.63, 3.8) is 0 Å². The lowest BCUT2D eigenvalue weighted by atomic mass is 10.0. The maximum absolute atomic E-state index is 13.6. The average Bonchev–Trinajstić information content (AvgIpc) is 3.25. The average molecular weight is 428 g/mol. The number of hydrogen-bond acceptors (Lipinski definition) is 6. The van der Waals surface area contributed by atoms with Gasteiger partial charge in [0, 0.05) is 17.0 Å². The van der Waals surface area contributed by atoms with Gasteiger partial charge in [-0.05, 0) is 35.9 Å². The number of fused-ring (bicyclic) bond motifs is 2. The zero-order valence-corrected chi connectivity index (χ0v) is 16.9. The van der Waals surface area contributed by atoms with Gasteiger partial charge in [-0.25, -0.2) is 15.2 Å². The number of nitrogen functional groups attached to an aromatic ring is 1. The Labute approximate surface area is 181 Å². The molecular weight excluding hydrogens is 411 g/mol. The van der Waals surface area contributed by atoms with E-state index < -0.39 is 5.91 Å². The van der Waals surface area contributed by atoms with E-state index in [9.17, 15) is 9.18 Å². The summed E-state index contributed by atoms with van der Waals surface area (Å²) < 4.78 is 18.9. The maximum atomic E-state index is 13.6. The van der Waals surface area contributed by atoms with Crippen molar-refractivity contribution in [2.24, 2.45) is 5.84 Å². The zero-order chi connectivity index (χ0) is 22.2. The highest BCUT2D eigenvalue weighted by molar-refractivity contribution is 5.99. The molecule has 2 heterocycles. The van der Waals surface area contributed by atoms with Crippen molar-refractivity contribution in [1.82, 2.24) is 25.6 Å². The molecular formula is C23H17FN6O2. The van der Waals surface area contributed by atoms with E-state index in [0.29, 0.717) is 22.7 Å². The molecule has 0 aliphatic rings. The Morgan fingerprint density at radius 3 is 2.75 bits per heavy atom. The van der Waals surface area contributed by atoms with Crippen LogP contribution < -0.4 is 16.0 Å². The van der Waals surface area contributed by atoms with Crippen LogP contribution in [-0.4, -0.2) is 33.2 Å². The van der Waals surface area contributed by atoms with E-state index in [1.54, 1.807) is 12.1 Å². The SMILES string of the molecule is COc1cc(F)ccc1-c1nc2ccc(-c3cccc4cc(C(=O)NN)nnc34)cc2[nH]1. The van der Waals surface area contributed by atoms with E-state index in [0.717, 1.165) is 27.5 Å². The molecule has 158 valence electrons. The van der Waals surface area contributed by atoms with Crippen molar-refractivity contribution in [2.75, 3.05) is 7.11 Å². The first-order valence-electron chi connectivity index (χ1n) is 9.69. The van der Waals surface area contributed by atoms with Gasteiger partial charge in [-0.3, -0.25) is 10.2 Å². The van der Waals surface area contributed by atoms with Gasteiger partial charge in [0.25, 0.3) is 5.91 Å². The smallest absolute Gasteiger partial charge is 0.285 e. The highest BCUT2D eigenvalue weighted by atomic mass is 19.1. The summed E-state index contributed by atoms with van der Waals surface area (Å²) in [6.07, 6.45) is 0. The van der Waals surface area contributed by atoms with Gasteiger partial charge in [0.2, 0.25) is 0 Å². The van der Waals surface area contributed by atoms with Crippen LogP contribution in [0.5, 0.6) is 5.75 Å². The number of nitrogens with zero attached hydrogens (tertiary/aromatic N) is 3. The number of aromatic nitrogens is 4. The minimum atomic E-state index is -0.507. The second kappa shape index (κ2) is 7.71.